The van der Waals surface area contributed by atoms with Crippen molar-refractivity contribution in [1.82, 2.24) is 9.88 Å². The van der Waals surface area contributed by atoms with Crippen molar-refractivity contribution < 1.29 is 4.79 Å². The molecule has 1 aliphatic rings. The number of alkyl halides is 1. The standard InChI is InChI=1S/C13H17ClN2O/c1-2-11(14)13(17)16-8-4-6-12(16)10-5-3-7-15-9-10/h3,5,7,9,11-12H,2,4,6,8H2,1H3/t11-,12+/m1/s1. The number of nitrogens with zero attached hydrogens (tertiary/aromatic N) is 2. The molecule has 0 unspecified atom stereocenters. The highest BCUT2D eigenvalue weighted by Crippen LogP contribution is 2.32. The van der Waals surface area contributed by atoms with Gasteiger partial charge in [-0.15, -0.1) is 11.6 Å². The van der Waals surface area contributed by atoms with E-state index in [1.54, 1.807) is 6.20 Å². The molecule has 0 saturated carbocycles. The van der Waals surface area contributed by atoms with Gasteiger partial charge in [0.2, 0.25) is 5.91 Å². The van der Waals surface area contributed by atoms with Crippen LogP contribution in [0.3, 0.4) is 0 Å². The molecule has 1 saturated heterocycles. The first-order chi connectivity index (χ1) is 8.24. The van der Waals surface area contributed by atoms with Crippen molar-refractivity contribution >= 4 is 17.5 Å². The Morgan fingerprint density at radius 1 is 1.71 bits per heavy atom. The van der Waals surface area contributed by atoms with Gasteiger partial charge in [-0.1, -0.05) is 13.0 Å². The summed E-state index contributed by atoms with van der Waals surface area (Å²) in [5.41, 5.74) is 1.11. The van der Waals surface area contributed by atoms with Crippen LogP contribution < -0.4 is 0 Å². The van der Waals surface area contributed by atoms with Gasteiger partial charge in [-0.2, -0.15) is 0 Å². The van der Waals surface area contributed by atoms with E-state index in [0.717, 1.165) is 24.9 Å². The van der Waals surface area contributed by atoms with Gasteiger partial charge in [-0.3, -0.25) is 9.78 Å². The van der Waals surface area contributed by atoms with Gasteiger partial charge in [-0.05, 0) is 30.9 Å². The number of hydrogen-bond acceptors (Lipinski definition) is 2. The van der Waals surface area contributed by atoms with Gasteiger partial charge < -0.3 is 4.90 Å². The van der Waals surface area contributed by atoms with Crippen LogP contribution in [0.25, 0.3) is 0 Å². The van der Waals surface area contributed by atoms with Crippen LogP contribution in [0.15, 0.2) is 24.5 Å². The molecule has 92 valence electrons. The maximum Gasteiger partial charge on any atom is 0.241 e. The Labute approximate surface area is 107 Å². The van der Waals surface area contributed by atoms with Gasteiger partial charge in [0.1, 0.15) is 5.38 Å². The number of likely N-dealkylation sites (tertiary alicyclic amines) is 1. The lowest BCUT2D eigenvalue weighted by atomic mass is 10.1. The van der Waals surface area contributed by atoms with Crippen LogP contribution in [-0.4, -0.2) is 27.7 Å². The smallest absolute Gasteiger partial charge is 0.241 e. The second kappa shape index (κ2) is 5.50. The van der Waals surface area contributed by atoms with Gasteiger partial charge in [0.05, 0.1) is 6.04 Å². The normalized spacial score (nSPS) is 21.5. The van der Waals surface area contributed by atoms with E-state index in [1.165, 1.54) is 0 Å². The molecule has 1 aliphatic heterocycles. The number of pyridine rings is 1. The molecule has 0 bridgehead atoms. The van der Waals surface area contributed by atoms with Crippen LogP contribution >= 0.6 is 11.6 Å². The molecule has 0 spiro atoms. The molecule has 1 fully saturated rings. The molecule has 17 heavy (non-hydrogen) atoms. The topological polar surface area (TPSA) is 33.2 Å². The van der Waals surface area contributed by atoms with Crippen molar-refractivity contribution in [3.05, 3.63) is 30.1 Å². The molecule has 0 radical (unpaired) electrons. The first-order valence-electron chi connectivity index (χ1n) is 6.08. The van der Waals surface area contributed by atoms with E-state index in [-0.39, 0.29) is 11.9 Å². The zero-order valence-corrected chi connectivity index (χ0v) is 10.7. The van der Waals surface area contributed by atoms with E-state index < -0.39 is 5.38 Å². The van der Waals surface area contributed by atoms with Crippen LogP contribution in [0.4, 0.5) is 0 Å². The number of hydrogen-bond donors (Lipinski definition) is 0. The van der Waals surface area contributed by atoms with Gasteiger partial charge in [0.25, 0.3) is 0 Å². The van der Waals surface area contributed by atoms with Crippen molar-refractivity contribution in [2.75, 3.05) is 6.54 Å². The Bertz CT molecular complexity index is 382. The van der Waals surface area contributed by atoms with E-state index in [4.69, 9.17) is 11.6 Å². The third kappa shape index (κ3) is 2.60. The van der Waals surface area contributed by atoms with Crippen LogP contribution in [0, 0.1) is 0 Å². The minimum atomic E-state index is -0.396. The van der Waals surface area contributed by atoms with E-state index in [2.05, 4.69) is 4.98 Å². The van der Waals surface area contributed by atoms with Crippen molar-refractivity contribution in [2.24, 2.45) is 0 Å². The highest BCUT2D eigenvalue weighted by molar-refractivity contribution is 6.30. The van der Waals surface area contributed by atoms with Crippen LogP contribution in [-0.2, 0) is 4.79 Å². The van der Waals surface area contributed by atoms with E-state index in [1.807, 2.05) is 30.2 Å². The second-order valence-electron chi connectivity index (χ2n) is 4.35. The van der Waals surface area contributed by atoms with Gasteiger partial charge >= 0.3 is 0 Å². The predicted octanol–water partition coefficient (Wildman–Crippen LogP) is 2.76. The molecule has 2 atom stereocenters. The highest BCUT2D eigenvalue weighted by Gasteiger charge is 2.32. The molecule has 2 heterocycles. The summed E-state index contributed by atoms with van der Waals surface area (Å²) in [5, 5.41) is -0.396. The number of halogens is 1. The van der Waals surface area contributed by atoms with Gasteiger partial charge in [0, 0.05) is 18.9 Å². The van der Waals surface area contributed by atoms with Crippen LogP contribution in [0.1, 0.15) is 37.8 Å². The van der Waals surface area contributed by atoms with E-state index in [0.29, 0.717) is 6.42 Å². The lowest BCUT2D eigenvalue weighted by Crippen LogP contribution is -2.36. The quantitative estimate of drug-likeness (QED) is 0.775. The van der Waals surface area contributed by atoms with Crippen molar-refractivity contribution in [1.29, 1.82) is 0 Å². The molecule has 1 amide bonds. The summed E-state index contributed by atoms with van der Waals surface area (Å²) in [6.45, 7) is 2.74. The fourth-order valence-corrected chi connectivity index (χ4v) is 2.43. The molecule has 0 N–H and O–H groups in total. The Morgan fingerprint density at radius 2 is 2.53 bits per heavy atom. The maximum absolute atomic E-state index is 12.1. The lowest BCUT2D eigenvalue weighted by Gasteiger charge is -2.26. The molecule has 4 heteroatoms. The first-order valence-corrected chi connectivity index (χ1v) is 6.52. The third-order valence-electron chi connectivity index (χ3n) is 3.23. The molecule has 3 nitrogen and oxygen atoms in total. The Morgan fingerprint density at radius 3 is 3.18 bits per heavy atom. The minimum absolute atomic E-state index is 0.0560. The van der Waals surface area contributed by atoms with Crippen LogP contribution in [0.2, 0.25) is 0 Å². The summed E-state index contributed by atoms with van der Waals surface area (Å²) in [6.07, 6.45) is 6.31. The largest absolute Gasteiger partial charge is 0.334 e. The predicted molar refractivity (Wildman–Crippen MR) is 67.9 cm³/mol. The highest BCUT2D eigenvalue weighted by atomic mass is 35.5. The Kier molecular flexibility index (Phi) is 4.00. The summed E-state index contributed by atoms with van der Waals surface area (Å²) in [4.78, 5) is 18.2. The third-order valence-corrected chi connectivity index (χ3v) is 3.73. The Balaban J connectivity index is 2.15. The average molecular weight is 253 g/mol. The SMILES string of the molecule is CC[C@@H](Cl)C(=O)N1CCC[C@H]1c1cccnc1. The van der Waals surface area contributed by atoms with Crippen molar-refractivity contribution in [2.45, 2.75) is 37.6 Å². The summed E-state index contributed by atoms with van der Waals surface area (Å²) in [5.74, 6) is 0.0560. The molecule has 2 rings (SSSR count). The van der Waals surface area contributed by atoms with E-state index >= 15 is 0 Å². The molecule has 0 aromatic carbocycles. The summed E-state index contributed by atoms with van der Waals surface area (Å²) in [6, 6.07) is 4.09. The maximum atomic E-state index is 12.1. The Hall–Kier alpha value is -1.09. The zero-order valence-electron chi connectivity index (χ0n) is 9.97. The summed E-state index contributed by atoms with van der Waals surface area (Å²) in [7, 11) is 0. The number of carbonyl (C=O) groups is 1. The number of carbonyl (C=O) groups excluding carboxylic acids is 1. The fourth-order valence-electron chi connectivity index (χ4n) is 2.30. The second-order valence-corrected chi connectivity index (χ2v) is 4.88. The minimum Gasteiger partial charge on any atom is -0.334 e. The average Bonchev–Trinajstić information content (AvgIpc) is 2.87. The lowest BCUT2D eigenvalue weighted by molar-refractivity contribution is -0.131. The zero-order chi connectivity index (χ0) is 12.3. The molecule has 1 aromatic rings. The van der Waals surface area contributed by atoms with Crippen molar-refractivity contribution in [3.8, 4) is 0 Å². The first kappa shape index (κ1) is 12.4. The number of aromatic nitrogens is 1. The molecular weight excluding hydrogens is 236 g/mol. The molecular formula is C13H17ClN2O. The van der Waals surface area contributed by atoms with Crippen LogP contribution in [0.5, 0.6) is 0 Å². The number of amides is 1. The fraction of sp³-hybridized carbons (Fsp3) is 0.538. The summed E-state index contributed by atoms with van der Waals surface area (Å²) < 4.78 is 0. The van der Waals surface area contributed by atoms with Crippen molar-refractivity contribution in [3.63, 3.8) is 0 Å². The van der Waals surface area contributed by atoms with Gasteiger partial charge in [0.15, 0.2) is 0 Å². The molecule has 0 aliphatic carbocycles. The summed E-state index contributed by atoms with van der Waals surface area (Å²) >= 11 is 6.04. The number of rotatable bonds is 3. The molecule has 1 aromatic heterocycles. The van der Waals surface area contributed by atoms with E-state index in [9.17, 15) is 4.79 Å². The monoisotopic (exact) mass is 252 g/mol. The van der Waals surface area contributed by atoms with Gasteiger partial charge in [-0.25, -0.2) is 0 Å².